The second-order valence-corrected chi connectivity index (χ2v) is 7.74. The summed E-state index contributed by atoms with van der Waals surface area (Å²) < 4.78 is 16.5. The molecule has 0 atom stereocenters. The third kappa shape index (κ3) is 6.20. The second-order valence-electron chi connectivity index (χ2n) is 7.74. The molecule has 29 heavy (non-hydrogen) atoms. The summed E-state index contributed by atoms with van der Waals surface area (Å²) in [6, 6.07) is 5.35. The largest absolute Gasteiger partial charge is 0.481 e. The summed E-state index contributed by atoms with van der Waals surface area (Å²) in [4.78, 5) is 26.4. The van der Waals surface area contributed by atoms with Gasteiger partial charge in [0.15, 0.2) is 0 Å². The third-order valence-electron chi connectivity index (χ3n) is 4.24. The maximum atomic E-state index is 12.2. The number of ether oxygens (including phenoxy) is 3. The van der Waals surface area contributed by atoms with Crippen molar-refractivity contribution < 1.29 is 19.0 Å². The van der Waals surface area contributed by atoms with E-state index in [4.69, 9.17) is 14.2 Å². The minimum absolute atomic E-state index is 0.0147. The van der Waals surface area contributed by atoms with Crippen LogP contribution >= 0.6 is 0 Å². The Morgan fingerprint density at radius 3 is 2.52 bits per heavy atom. The Morgan fingerprint density at radius 1 is 1.14 bits per heavy atom. The van der Waals surface area contributed by atoms with Gasteiger partial charge in [0.1, 0.15) is 23.9 Å². The lowest BCUT2D eigenvalue weighted by molar-refractivity contribution is 0.0123. The molecule has 1 saturated heterocycles. The fraction of sp³-hybridized carbons (Fsp3) is 0.500. The van der Waals surface area contributed by atoms with Gasteiger partial charge in [0, 0.05) is 38.1 Å². The quantitative estimate of drug-likeness (QED) is 0.814. The van der Waals surface area contributed by atoms with Crippen molar-refractivity contribution in [2.75, 3.05) is 25.5 Å². The highest BCUT2D eigenvalue weighted by atomic mass is 16.6. The van der Waals surface area contributed by atoms with Crippen molar-refractivity contribution in [3.8, 4) is 11.8 Å². The summed E-state index contributed by atoms with van der Waals surface area (Å²) in [6.07, 6.45) is 4.25. The highest BCUT2D eigenvalue weighted by Crippen LogP contribution is 2.22. The predicted octanol–water partition coefficient (Wildman–Crippen LogP) is 3.40. The number of pyridine rings is 1. The molecule has 0 aliphatic carbocycles. The molecule has 9 heteroatoms. The van der Waals surface area contributed by atoms with Gasteiger partial charge in [0.2, 0.25) is 11.8 Å². The lowest BCUT2D eigenvalue weighted by Crippen LogP contribution is -2.44. The average Bonchev–Trinajstić information content (AvgIpc) is 2.68. The first-order chi connectivity index (χ1) is 13.8. The number of hydrogen-bond acceptors (Lipinski definition) is 8. The molecule has 156 valence electrons. The minimum atomic E-state index is -0.492. The zero-order valence-corrected chi connectivity index (χ0v) is 17.2. The number of nitrogens with zero attached hydrogens (tertiary/aromatic N) is 4. The van der Waals surface area contributed by atoms with Crippen LogP contribution in [0.15, 0.2) is 30.7 Å². The van der Waals surface area contributed by atoms with Crippen LogP contribution in [0.5, 0.6) is 11.8 Å². The molecule has 0 saturated carbocycles. The summed E-state index contributed by atoms with van der Waals surface area (Å²) in [5, 5.41) is 3.16. The number of methoxy groups -OCH3 is 1. The van der Waals surface area contributed by atoms with E-state index in [0.29, 0.717) is 43.5 Å². The van der Waals surface area contributed by atoms with Gasteiger partial charge in [0.05, 0.1) is 19.0 Å². The van der Waals surface area contributed by atoms with Crippen LogP contribution in [0.25, 0.3) is 0 Å². The number of hydrogen-bond donors (Lipinski definition) is 1. The smallest absolute Gasteiger partial charge is 0.410 e. The maximum Gasteiger partial charge on any atom is 0.410 e. The van der Waals surface area contributed by atoms with Gasteiger partial charge in [-0.15, -0.1) is 0 Å². The lowest BCUT2D eigenvalue weighted by Gasteiger charge is -2.33. The Labute approximate surface area is 170 Å². The van der Waals surface area contributed by atoms with E-state index < -0.39 is 5.60 Å². The highest BCUT2D eigenvalue weighted by molar-refractivity contribution is 5.68. The molecule has 1 N–H and O–H groups in total. The van der Waals surface area contributed by atoms with Crippen molar-refractivity contribution in [2.45, 2.75) is 45.3 Å². The average molecular weight is 401 g/mol. The number of likely N-dealkylation sites (tertiary alicyclic amines) is 1. The van der Waals surface area contributed by atoms with Crippen molar-refractivity contribution >= 4 is 17.6 Å². The van der Waals surface area contributed by atoms with Crippen molar-refractivity contribution in [1.82, 2.24) is 19.9 Å². The van der Waals surface area contributed by atoms with Crippen molar-refractivity contribution in [2.24, 2.45) is 0 Å². The van der Waals surface area contributed by atoms with E-state index >= 15 is 0 Å². The van der Waals surface area contributed by atoms with Crippen LogP contribution in [0.2, 0.25) is 0 Å². The van der Waals surface area contributed by atoms with E-state index in [1.54, 1.807) is 30.3 Å². The van der Waals surface area contributed by atoms with Crippen LogP contribution in [0.1, 0.15) is 33.6 Å². The van der Waals surface area contributed by atoms with E-state index in [2.05, 4.69) is 20.3 Å². The van der Waals surface area contributed by atoms with Gasteiger partial charge >= 0.3 is 6.09 Å². The molecule has 1 aliphatic rings. The van der Waals surface area contributed by atoms with Crippen LogP contribution in [-0.4, -0.2) is 57.8 Å². The van der Waals surface area contributed by atoms with Gasteiger partial charge in [-0.05, 0) is 26.8 Å². The van der Waals surface area contributed by atoms with Crippen molar-refractivity contribution in [3.05, 3.63) is 30.7 Å². The molecule has 3 heterocycles. The number of piperidine rings is 1. The Balaban J connectivity index is 1.52. The van der Waals surface area contributed by atoms with Crippen molar-refractivity contribution in [1.29, 1.82) is 0 Å². The van der Waals surface area contributed by atoms with E-state index in [1.165, 1.54) is 6.33 Å². The fourth-order valence-corrected chi connectivity index (χ4v) is 2.85. The number of rotatable bonds is 5. The van der Waals surface area contributed by atoms with E-state index in [9.17, 15) is 4.79 Å². The molecule has 1 aliphatic heterocycles. The SMILES string of the molecule is COc1ccc(Nc2cc(OC3CCN(C(=O)OC(C)(C)C)CC3)ncn2)cn1. The van der Waals surface area contributed by atoms with Crippen LogP contribution in [0, 0.1) is 0 Å². The van der Waals surface area contributed by atoms with E-state index in [0.717, 1.165) is 5.69 Å². The van der Waals surface area contributed by atoms with Crippen LogP contribution in [0.3, 0.4) is 0 Å². The monoisotopic (exact) mass is 401 g/mol. The van der Waals surface area contributed by atoms with Crippen LogP contribution < -0.4 is 14.8 Å². The lowest BCUT2D eigenvalue weighted by atomic mass is 10.1. The molecule has 0 radical (unpaired) electrons. The van der Waals surface area contributed by atoms with Gasteiger partial charge in [-0.2, -0.15) is 0 Å². The van der Waals surface area contributed by atoms with Gasteiger partial charge in [-0.25, -0.2) is 19.7 Å². The number of nitrogens with one attached hydrogen (secondary N) is 1. The van der Waals surface area contributed by atoms with Crippen molar-refractivity contribution in [3.63, 3.8) is 0 Å². The number of amides is 1. The zero-order chi connectivity index (χ0) is 20.9. The molecule has 9 nitrogen and oxygen atoms in total. The molecule has 0 spiro atoms. The van der Waals surface area contributed by atoms with Gasteiger partial charge in [-0.1, -0.05) is 0 Å². The van der Waals surface area contributed by atoms with Crippen LogP contribution in [0.4, 0.5) is 16.3 Å². The predicted molar refractivity (Wildman–Crippen MR) is 108 cm³/mol. The summed E-state index contributed by atoms with van der Waals surface area (Å²) in [5.74, 6) is 1.63. The first-order valence-electron chi connectivity index (χ1n) is 9.56. The summed E-state index contributed by atoms with van der Waals surface area (Å²) in [6.45, 7) is 6.77. The first kappa shape index (κ1) is 20.6. The molecule has 2 aromatic heterocycles. The normalized spacial score (nSPS) is 15.0. The Morgan fingerprint density at radius 2 is 1.90 bits per heavy atom. The standard InChI is InChI=1S/C20H27N5O4/c1-20(2,3)29-19(26)25-9-7-15(8-10-25)28-18-11-16(22-13-23-18)24-14-5-6-17(27-4)21-12-14/h5-6,11-13,15H,7-10H2,1-4H3,(H,22,23,24). The minimum Gasteiger partial charge on any atom is -0.481 e. The molecule has 0 bridgehead atoms. The molecule has 2 aromatic rings. The molecule has 0 aromatic carbocycles. The number of aromatic nitrogens is 3. The molecule has 1 fully saturated rings. The highest BCUT2D eigenvalue weighted by Gasteiger charge is 2.27. The zero-order valence-electron chi connectivity index (χ0n) is 17.2. The molecular formula is C20H27N5O4. The van der Waals surface area contributed by atoms with Gasteiger partial charge < -0.3 is 24.4 Å². The number of carbonyl (C=O) groups is 1. The Kier molecular flexibility index (Phi) is 6.36. The topological polar surface area (TPSA) is 98.7 Å². The molecule has 1 amide bonds. The number of anilines is 2. The molecular weight excluding hydrogens is 374 g/mol. The molecule has 3 rings (SSSR count). The van der Waals surface area contributed by atoms with Gasteiger partial charge in [-0.3, -0.25) is 0 Å². The Bertz CT molecular complexity index is 814. The first-order valence-corrected chi connectivity index (χ1v) is 9.56. The fourth-order valence-electron chi connectivity index (χ4n) is 2.85. The number of carbonyl (C=O) groups excluding carboxylic acids is 1. The van der Waals surface area contributed by atoms with Gasteiger partial charge in [0.25, 0.3) is 0 Å². The Hall–Kier alpha value is -3.10. The van der Waals surface area contributed by atoms with E-state index in [-0.39, 0.29) is 12.2 Å². The van der Waals surface area contributed by atoms with E-state index in [1.807, 2.05) is 26.8 Å². The summed E-state index contributed by atoms with van der Waals surface area (Å²) >= 11 is 0. The maximum absolute atomic E-state index is 12.2. The van der Waals surface area contributed by atoms with Crippen LogP contribution in [-0.2, 0) is 4.74 Å². The summed E-state index contributed by atoms with van der Waals surface area (Å²) in [5.41, 5.74) is 0.287. The molecule has 0 unspecified atom stereocenters. The third-order valence-corrected chi connectivity index (χ3v) is 4.24. The summed E-state index contributed by atoms with van der Waals surface area (Å²) in [7, 11) is 1.57. The second kappa shape index (κ2) is 8.93.